The molecule has 1 heterocycles. The van der Waals surface area contributed by atoms with Gasteiger partial charge in [0.2, 0.25) is 0 Å². The molecule has 1 aromatic heterocycles. The maximum absolute atomic E-state index is 8.80. The molecular weight excluding hydrogens is 128 g/mol. The first-order valence-electron chi connectivity index (χ1n) is 3.42. The van der Waals surface area contributed by atoms with E-state index in [1.165, 1.54) is 0 Å². The molecular formula is C8H12O2. The lowest BCUT2D eigenvalue weighted by Crippen LogP contribution is -1.90. The first kappa shape index (κ1) is 7.35. The zero-order valence-electron chi connectivity index (χ0n) is 6.29. The lowest BCUT2D eigenvalue weighted by Gasteiger charge is -2.01. The molecule has 0 aliphatic heterocycles. The predicted molar refractivity (Wildman–Crippen MR) is 38.7 cm³/mol. The van der Waals surface area contributed by atoms with Crippen molar-refractivity contribution in [3.63, 3.8) is 0 Å². The number of aliphatic hydroxyl groups excluding tert-OH is 1. The molecule has 0 unspecified atom stereocenters. The van der Waals surface area contributed by atoms with Gasteiger partial charge in [0.05, 0.1) is 12.9 Å². The number of furan rings is 1. The molecule has 0 aliphatic rings. The third kappa shape index (κ3) is 1.21. The van der Waals surface area contributed by atoms with E-state index in [1.807, 2.05) is 13.8 Å². The van der Waals surface area contributed by atoms with Crippen molar-refractivity contribution < 1.29 is 9.52 Å². The van der Waals surface area contributed by atoms with Gasteiger partial charge in [-0.2, -0.15) is 0 Å². The van der Waals surface area contributed by atoms with Gasteiger partial charge in [-0.05, 0) is 6.07 Å². The highest BCUT2D eigenvalue weighted by molar-refractivity contribution is 5.18. The molecule has 2 nitrogen and oxygen atoms in total. The van der Waals surface area contributed by atoms with E-state index in [0.29, 0.717) is 5.92 Å². The largest absolute Gasteiger partial charge is 0.469 e. The van der Waals surface area contributed by atoms with Crippen LogP contribution in [0.1, 0.15) is 31.1 Å². The Balaban J connectivity index is 2.90. The maximum atomic E-state index is 8.80. The highest BCUT2D eigenvalue weighted by Gasteiger charge is 2.07. The molecule has 0 fully saturated rings. The third-order valence-electron chi connectivity index (χ3n) is 1.48. The summed E-state index contributed by atoms with van der Waals surface area (Å²) in [5.74, 6) is 1.25. The van der Waals surface area contributed by atoms with E-state index in [0.717, 1.165) is 11.3 Å². The average Bonchev–Trinajstić information content (AvgIpc) is 2.33. The van der Waals surface area contributed by atoms with Crippen LogP contribution in [0.5, 0.6) is 0 Å². The Hall–Kier alpha value is -0.760. The van der Waals surface area contributed by atoms with Crippen LogP contribution in [0.2, 0.25) is 0 Å². The molecule has 56 valence electrons. The van der Waals surface area contributed by atoms with Crippen molar-refractivity contribution in [2.75, 3.05) is 0 Å². The fourth-order valence-corrected chi connectivity index (χ4v) is 0.985. The molecule has 0 amide bonds. The third-order valence-corrected chi connectivity index (χ3v) is 1.48. The lowest BCUT2D eigenvalue weighted by molar-refractivity contribution is 0.277. The quantitative estimate of drug-likeness (QED) is 0.680. The Morgan fingerprint density at radius 1 is 1.60 bits per heavy atom. The fraction of sp³-hybridized carbons (Fsp3) is 0.500. The highest BCUT2D eigenvalue weighted by atomic mass is 16.3. The van der Waals surface area contributed by atoms with E-state index in [1.54, 1.807) is 12.3 Å². The van der Waals surface area contributed by atoms with Crippen LogP contribution in [0, 0.1) is 0 Å². The van der Waals surface area contributed by atoms with Crippen molar-refractivity contribution in [2.45, 2.75) is 26.4 Å². The molecule has 0 atom stereocenters. The molecule has 1 aromatic rings. The van der Waals surface area contributed by atoms with Crippen LogP contribution in [0.3, 0.4) is 0 Å². The normalized spacial score (nSPS) is 10.8. The summed E-state index contributed by atoms with van der Waals surface area (Å²) in [6.07, 6.45) is 1.61. The van der Waals surface area contributed by atoms with Crippen molar-refractivity contribution in [1.82, 2.24) is 0 Å². The minimum absolute atomic E-state index is 0.0734. The van der Waals surface area contributed by atoms with Gasteiger partial charge in [0, 0.05) is 11.5 Å². The molecule has 0 radical (unpaired) electrons. The lowest BCUT2D eigenvalue weighted by atomic mass is 10.1. The molecule has 1 rings (SSSR count). The van der Waals surface area contributed by atoms with Crippen LogP contribution in [-0.4, -0.2) is 5.11 Å². The van der Waals surface area contributed by atoms with Crippen molar-refractivity contribution in [2.24, 2.45) is 0 Å². The standard InChI is InChI=1S/C8H12O2/c1-6(2)8-7(5-9)3-4-10-8/h3-4,6,9H,5H2,1-2H3. The molecule has 0 saturated heterocycles. The number of aliphatic hydroxyl groups is 1. The average molecular weight is 140 g/mol. The predicted octanol–water partition coefficient (Wildman–Crippen LogP) is 1.90. The van der Waals surface area contributed by atoms with Crippen LogP contribution in [0.25, 0.3) is 0 Å². The van der Waals surface area contributed by atoms with Gasteiger partial charge < -0.3 is 9.52 Å². The zero-order valence-corrected chi connectivity index (χ0v) is 6.29. The Bertz CT molecular complexity index is 201. The van der Waals surface area contributed by atoms with Crippen LogP contribution in [0.4, 0.5) is 0 Å². The van der Waals surface area contributed by atoms with Gasteiger partial charge in [0.1, 0.15) is 5.76 Å². The van der Waals surface area contributed by atoms with E-state index < -0.39 is 0 Å². The fourth-order valence-electron chi connectivity index (χ4n) is 0.985. The minimum Gasteiger partial charge on any atom is -0.469 e. The van der Waals surface area contributed by atoms with Crippen LogP contribution < -0.4 is 0 Å². The summed E-state index contributed by atoms with van der Waals surface area (Å²) in [6.45, 7) is 4.15. The van der Waals surface area contributed by atoms with Crippen molar-refractivity contribution in [3.05, 3.63) is 23.7 Å². The van der Waals surface area contributed by atoms with Crippen LogP contribution >= 0.6 is 0 Å². The molecule has 0 saturated carbocycles. The molecule has 0 aromatic carbocycles. The number of hydrogen-bond donors (Lipinski definition) is 1. The second-order valence-corrected chi connectivity index (χ2v) is 2.62. The van der Waals surface area contributed by atoms with Crippen molar-refractivity contribution >= 4 is 0 Å². The van der Waals surface area contributed by atoms with Crippen LogP contribution in [0.15, 0.2) is 16.7 Å². The summed E-state index contributed by atoms with van der Waals surface area (Å²) >= 11 is 0. The van der Waals surface area contributed by atoms with Gasteiger partial charge in [0.25, 0.3) is 0 Å². The zero-order chi connectivity index (χ0) is 7.56. The van der Waals surface area contributed by atoms with E-state index in [9.17, 15) is 0 Å². The Morgan fingerprint density at radius 3 is 2.70 bits per heavy atom. The summed E-state index contributed by atoms with van der Waals surface area (Å²) in [7, 11) is 0. The molecule has 0 spiro atoms. The smallest absolute Gasteiger partial charge is 0.111 e. The van der Waals surface area contributed by atoms with Gasteiger partial charge in [-0.1, -0.05) is 13.8 Å². The first-order chi connectivity index (χ1) is 4.75. The second-order valence-electron chi connectivity index (χ2n) is 2.62. The van der Waals surface area contributed by atoms with E-state index in [-0.39, 0.29) is 6.61 Å². The highest BCUT2D eigenvalue weighted by Crippen LogP contribution is 2.19. The van der Waals surface area contributed by atoms with E-state index in [2.05, 4.69) is 0 Å². The molecule has 1 N–H and O–H groups in total. The monoisotopic (exact) mass is 140 g/mol. The van der Waals surface area contributed by atoms with Gasteiger partial charge in [0.15, 0.2) is 0 Å². The van der Waals surface area contributed by atoms with Crippen molar-refractivity contribution in [3.8, 4) is 0 Å². The molecule has 0 bridgehead atoms. The van der Waals surface area contributed by atoms with Gasteiger partial charge in [-0.15, -0.1) is 0 Å². The van der Waals surface area contributed by atoms with Crippen LogP contribution in [-0.2, 0) is 6.61 Å². The minimum atomic E-state index is 0.0734. The van der Waals surface area contributed by atoms with Crippen molar-refractivity contribution in [1.29, 1.82) is 0 Å². The topological polar surface area (TPSA) is 33.4 Å². The Labute approximate surface area is 60.5 Å². The molecule has 10 heavy (non-hydrogen) atoms. The van der Waals surface area contributed by atoms with E-state index >= 15 is 0 Å². The Kier molecular flexibility index (Phi) is 2.12. The maximum Gasteiger partial charge on any atom is 0.111 e. The number of hydrogen-bond acceptors (Lipinski definition) is 2. The summed E-state index contributed by atoms with van der Waals surface area (Å²) < 4.78 is 5.16. The van der Waals surface area contributed by atoms with Gasteiger partial charge in [-0.25, -0.2) is 0 Å². The molecule has 2 heteroatoms. The van der Waals surface area contributed by atoms with Gasteiger partial charge >= 0.3 is 0 Å². The number of rotatable bonds is 2. The summed E-state index contributed by atoms with van der Waals surface area (Å²) in [4.78, 5) is 0. The second kappa shape index (κ2) is 2.88. The van der Waals surface area contributed by atoms with E-state index in [4.69, 9.17) is 9.52 Å². The van der Waals surface area contributed by atoms with Gasteiger partial charge in [-0.3, -0.25) is 0 Å². The SMILES string of the molecule is CC(C)c1occc1CO. The Morgan fingerprint density at radius 2 is 2.30 bits per heavy atom. The summed E-state index contributed by atoms with van der Waals surface area (Å²) in [5, 5.41) is 8.80. The summed E-state index contributed by atoms with van der Waals surface area (Å²) in [5.41, 5.74) is 0.898. The molecule has 0 aliphatic carbocycles. The first-order valence-corrected chi connectivity index (χ1v) is 3.42. The summed E-state index contributed by atoms with van der Waals surface area (Å²) in [6, 6.07) is 1.80.